The van der Waals surface area contributed by atoms with Gasteiger partial charge in [-0.2, -0.15) is 0 Å². The molecular formula is C12H15BO5. The van der Waals surface area contributed by atoms with Crippen LogP contribution in [0, 0.1) is 0 Å². The second kappa shape index (κ2) is 7.52. The minimum absolute atomic E-state index is 0.0781. The van der Waals surface area contributed by atoms with E-state index < -0.39 is 7.12 Å². The van der Waals surface area contributed by atoms with Crippen LogP contribution in [0.5, 0.6) is 5.75 Å². The predicted molar refractivity (Wildman–Crippen MR) is 67.4 cm³/mol. The standard InChI is InChI=1S/C12H15BO5/c1-2-3-6-18-12-7-11(13(15)16)5-4-10(12)8-17-9-14/h2,4-5,7,9,15-16H,1,3,6,8H2. The van der Waals surface area contributed by atoms with Crippen LogP contribution < -0.4 is 10.2 Å². The fourth-order valence-electron chi connectivity index (χ4n) is 1.36. The maximum absolute atomic E-state index is 10.2. The molecule has 18 heavy (non-hydrogen) atoms. The van der Waals surface area contributed by atoms with Gasteiger partial charge in [-0.3, -0.25) is 4.79 Å². The van der Waals surface area contributed by atoms with Crippen LogP contribution in [0.3, 0.4) is 0 Å². The highest BCUT2D eigenvalue weighted by Crippen LogP contribution is 2.18. The molecule has 6 heteroatoms. The lowest BCUT2D eigenvalue weighted by Crippen LogP contribution is -2.30. The molecule has 0 saturated carbocycles. The fourth-order valence-corrected chi connectivity index (χ4v) is 1.36. The molecule has 5 nitrogen and oxygen atoms in total. The van der Waals surface area contributed by atoms with E-state index in [0.717, 1.165) is 0 Å². The van der Waals surface area contributed by atoms with Gasteiger partial charge in [0.1, 0.15) is 12.4 Å². The van der Waals surface area contributed by atoms with Gasteiger partial charge in [0.05, 0.1) is 6.61 Å². The Labute approximate surface area is 106 Å². The fraction of sp³-hybridized carbons (Fsp3) is 0.250. The van der Waals surface area contributed by atoms with E-state index >= 15 is 0 Å². The van der Waals surface area contributed by atoms with Crippen molar-refractivity contribution in [2.45, 2.75) is 13.0 Å². The number of hydrogen-bond donors (Lipinski definition) is 2. The summed E-state index contributed by atoms with van der Waals surface area (Å²) in [7, 11) is -1.56. The average Bonchev–Trinajstić information content (AvgIpc) is 2.37. The van der Waals surface area contributed by atoms with Crippen LogP contribution in [0.15, 0.2) is 30.9 Å². The van der Waals surface area contributed by atoms with Gasteiger partial charge in [0, 0.05) is 5.56 Å². The van der Waals surface area contributed by atoms with Crippen LogP contribution >= 0.6 is 0 Å². The molecular weight excluding hydrogens is 235 g/mol. The van der Waals surface area contributed by atoms with Gasteiger partial charge in [0.2, 0.25) is 0 Å². The predicted octanol–water partition coefficient (Wildman–Crippen LogP) is -0.00570. The summed E-state index contributed by atoms with van der Waals surface area (Å²) >= 11 is 0. The van der Waals surface area contributed by atoms with Crippen molar-refractivity contribution in [3.63, 3.8) is 0 Å². The molecule has 0 aromatic heterocycles. The third-order valence-electron chi connectivity index (χ3n) is 2.28. The molecule has 0 heterocycles. The molecule has 2 N–H and O–H groups in total. The lowest BCUT2D eigenvalue weighted by Gasteiger charge is -2.12. The van der Waals surface area contributed by atoms with Crippen LogP contribution in [0.25, 0.3) is 0 Å². The molecule has 0 bridgehead atoms. The highest BCUT2D eigenvalue weighted by molar-refractivity contribution is 6.58. The number of hydrogen-bond acceptors (Lipinski definition) is 5. The van der Waals surface area contributed by atoms with E-state index in [2.05, 4.69) is 11.3 Å². The molecule has 0 fully saturated rings. The Bertz CT molecular complexity index is 405. The third-order valence-corrected chi connectivity index (χ3v) is 2.28. The number of carbonyl (C=O) groups excluding carboxylic acids is 1. The van der Waals surface area contributed by atoms with Crippen molar-refractivity contribution in [3.8, 4) is 5.75 Å². The molecule has 0 amide bonds. The second-order valence-corrected chi connectivity index (χ2v) is 3.57. The van der Waals surface area contributed by atoms with Crippen molar-refractivity contribution in [2.24, 2.45) is 0 Å². The smallest absolute Gasteiger partial charge is 0.488 e. The van der Waals surface area contributed by atoms with Crippen molar-refractivity contribution in [2.75, 3.05) is 6.61 Å². The molecule has 96 valence electrons. The van der Waals surface area contributed by atoms with Crippen LogP contribution in [-0.2, 0) is 16.1 Å². The van der Waals surface area contributed by atoms with E-state index in [1.54, 1.807) is 12.1 Å². The Hall–Kier alpha value is -1.79. The minimum Gasteiger partial charge on any atom is -0.493 e. The normalized spacial score (nSPS) is 9.67. The van der Waals surface area contributed by atoms with Crippen molar-refractivity contribution in [3.05, 3.63) is 36.4 Å². The third kappa shape index (κ3) is 4.23. The van der Waals surface area contributed by atoms with E-state index in [4.69, 9.17) is 14.8 Å². The van der Waals surface area contributed by atoms with Crippen molar-refractivity contribution >= 4 is 19.1 Å². The molecule has 1 aromatic carbocycles. The van der Waals surface area contributed by atoms with Gasteiger partial charge in [-0.25, -0.2) is 0 Å². The first kappa shape index (κ1) is 14.3. The number of benzene rings is 1. The number of carbonyl (C=O) groups is 1. The van der Waals surface area contributed by atoms with Crippen molar-refractivity contribution in [1.29, 1.82) is 0 Å². The summed E-state index contributed by atoms with van der Waals surface area (Å²) in [5.74, 6) is 0.462. The average molecular weight is 250 g/mol. The summed E-state index contributed by atoms with van der Waals surface area (Å²) in [4.78, 5) is 10.2. The first-order valence-electron chi connectivity index (χ1n) is 5.47. The summed E-state index contributed by atoms with van der Waals surface area (Å²) in [6, 6.07) is 4.67. The molecule has 0 spiro atoms. The Morgan fingerprint density at radius 1 is 1.39 bits per heavy atom. The van der Waals surface area contributed by atoms with Gasteiger partial charge in [0.15, 0.2) is 0 Å². The van der Waals surface area contributed by atoms with E-state index in [9.17, 15) is 4.79 Å². The summed E-state index contributed by atoms with van der Waals surface area (Å²) in [5.41, 5.74) is 0.981. The molecule has 1 rings (SSSR count). The van der Waals surface area contributed by atoms with Gasteiger partial charge in [-0.15, -0.1) is 6.58 Å². The van der Waals surface area contributed by atoms with Gasteiger partial charge in [-0.05, 0) is 17.9 Å². The van der Waals surface area contributed by atoms with E-state index in [1.165, 1.54) is 12.1 Å². The molecule has 0 radical (unpaired) electrons. The summed E-state index contributed by atoms with van der Waals surface area (Å²) in [5, 5.41) is 18.2. The van der Waals surface area contributed by atoms with E-state index in [-0.39, 0.29) is 6.61 Å². The molecule has 0 aliphatic rings. The summed E-state index contributed by atoms with van der Waals surface area (Å²) < 4.78 is 10.1. The Morgan fingerprint density at radius 3 is 2.78 bits per heavy atom. The molecule has 0 aliphatic heterocycles. The van der Waals surface area contributed by atoms with E-state index in [1.807, 2.05) is 0 Å². The van der Waals surface area contributed by atoms with E-state index in [0.29, 0.717) is 36.3 Å². The zero-order valence-corrected chi connectivity index (χ0v) is 9.91. The molecule has 1 aromatic rings. The zero-order valence-electron chi connectivity index (χ0n) is 9.91. The maximum Gasteiger partial charge on any atom is 0.488 e. The van der Waals surface area contributed by atoms with Gasteiger partial charge >= 0.3 is 7.12 Å². The summed E-state index contributed by atoms with van der Waals surface area (Å²) in [6.07, 6.45) is 2.38. The monoisotopic (exact) mass is 250 g/mol. The van der Waals surface area contributed by atoms with Crippen molar-refractivity contribution < 1.29 is 24.3 Å². The van der Waals surface area contributed by atoms with Crippen LogP contribution in [-0.4, -0.2) is 30.2 Å². The van der Waals surface area contributed by atoms with Gasteiger partial charge in [-0.1, -0.05) is 18.2 Å². The molecule has 0 atom stereocenters. The quantitative estimate of drug-likeness (QED) is 0.294. The largest absolute Gasteiger partial charge is 0.493 e. The topological polar surface area (TPSA) is 76.0 Å². The zero-order chi connectivity index (χ0) is 13.4. The van der Waals surface area contributed by atoms with Crippen LogP contribution in [0.1, 0.15) is 12.0 Å². The first-order valence-corrected chi connectivity index (χ1v) is 5.47. The Kier molecular flexibility index (Phi) is 5.97. The first-order chi connectivity index (χ1) is 8.69. The SMILES string of the molecule is C=CCCOc1cc(B(O)O)ccc1COC=O. The number of ether oxygens (including phenoxy) is 2. The summed E-state index contributed by atoms with van der Waals surface area (Å²) in [6.45, 7) is 4.43. The van der Waals surface area contributed by atoms with Gasteiger partial charge in [0.25, 0.3) is 6.47 Å². The van der Waals surface area contributed by atoms with Gasteiger partial charge < -0.3 is 19.5 Å². The van der Waals surface area contributed by atoms with Crippen LogP contribution in [0.2, 0.25) is 0 Å². The highest BCUT2D eigenvalue weighted by atomic mass is 16.5. The molecule has 0 unspecified atom stereocenters. The lowest BCUT2D eigenvalue weighted by atomic mass is 9.80. The highest BCUT2D eigenvalue weighted by Gasteiger charge is 2.14. The number of rotatable bonds is 8. The Morgan fingerprint density at radius 2 is 2.17 bits per heavy atom. The molecule has 0 saturated heterocycles. The maximum atomic E-state index is 10.2. The second-order valence-electron chi connectivity index (χ2n) is 3.57. The minimum atomic E-state index is -1.56. The van der Waals surface area contributed by atoms with Crippen molar-refractivity contribution in [1.82, 2.24) is 0 Å². The van der Waals surface area contributed by atoms with Crippen LogP contribution in [0.4, 0.5) is 0 Å². The molecule has 0 aliphatic carbocycles. The Balaban J connectivity index is 2.86. The lowest BCUT2D eigenvalue weighted by molar-refractivity contribution is -0.129.